The van der Waals surface area contributed by atoms with E-state index < -0.39 is 29.8 Å². The van der Waals surface area contributed by atoms with Crippen molar-refractivity contribution in [3.05, 3.63) is 36.0 Å². The number of anilines is 1. The van der Waals surface area contributed by atoms with Crippen LogP contribution < -0.4 is 10.6 Å². The van der Waals surface area contributed by atoms with Crippen molar-refractivity contribution >= 4 is 11.9 Å². The zero-order valence-electron chi connectivity index (χ0n) is 17.1. The number of carbonyl (C=O) groups is 1. The number of alkyl halides is 3. The molecule has 1 aromatic carbocycles. The fraction of sp³-hybridized carbons (Fsp3) is 0.500. The molecule has 0 radical (unpaired) electrons. The van der Waals surface area contributed by atoms with Crippen molar-refractivity contribution in [3.63, 3.8) is 0 Å². The van der Waals surface area contributed by atoms with Crippen molar-refractivity contribution in [1.29, 1.82) is 0 Å². The molecule has 12 heteroatoms. The highest BCUT2D eigenvalue weighted by Crippen LogP contribution is 2.31. The van der Waals surface area contributed by atoms with E-state index in [0.717, 1.165) is 12.1 Å². The highest BCUT2D eigenvalue weighted by atomic mass is 19.4. The number of aliphatic hydroxyl groups is 1. The Labute approximate surface area is 182 Å². The number of halogens is 3. The van der Waals surface area contributed by atoms with Crippen LogP contribution in [0.5, 0.6) is 0 Å². The number of benzene rings is 1. The molecule has 3 heterocycles. The summed E-state index contributed by atoms with van der Waals surface area (Å²) in [4.78, 5) is 20.3. The number of carbonyl (C=O) groups excluding carboxylic acids is 1. The van der Waals surface area contributed by atoms with E-state index in [4.69, 9.17) is 10.5 Å². The van der Waals surface area contributed by atoms with Gasteiger partial charge in [-0.15, -0.1) is 5.10 Å². The second-order valence-corrected chi connectivity index (χ2v) is 7.86. The Balaban J connectivity index is 1.44. The maximum Gasteiger partial charge on any atom is 0.416 e. The average molecular weight is 452 g/mol. The molecule has 2 aromatic rings. The van der Waals surface area contributed by atoms with E-state index in [0.29, 0.717) is 43.4 Å². The number of piperazine rings is 1. The molecule has 1 amide bonds. The van der Waals surface area contributed by atoms with Crippen molar-refractivity contribution in [2.24, 2.45) is 11.7 Å². The third kappa shape index (κ3) is 4.66. The number of nitrogens with zero attached hydrogens (tertiary/aromatic N) is 5. The Bertz CT molecular complexity index is 950. The quantitative estimate of drug-likeness (QED) is 0.675. The van der Waals surface area contributed by atoms with Crippen LogP contribution in [0.2, 0.25) is 0 Å². The number of primary amides is 1. The summed E-state index contributed by atoms with van der Waals surface area (Å²) in [5, 5.41) is 18.1. The number of aromatic nitrogens is 3. The molecule has 0 aliphatic carbocycles. The van der Waals surface area contributed by atoms with Gasteiger partial charge in [-0.05, 0) is 12.1 Å². The molecule has 3 N–H and O–H groups in total. The van der Waals surface area contributed by atoms with Gasteiger partial charge in [-0.25, -0.2) is 4.98 Å². The second-order valence-electron chi connectivity index (χ2n) is 7.86. The van der Waals surface area contributed by atoms with Crippen molar-refractivity contribution in [2.75, 3.05) is 44.3 Å². The summed E-state index contributed by atoms with van der Waals surface area (Å²) >= 11 is 0. The van der Waals surface area contributed by atoms with Crippen molar-refractivity contribution in [1.82, 2.24) is 20.1 Å². The zero-order chi connectivity index (χ0) is 22.9. The number of ether oxygens (including phenoxy) is 1. The molecule has 2 aliphatic rings. The first-order valence-electron chi connectivity index (χ1n) is 10.2. The molecule has 2 fully saturated rings. The first-order valence-corrected chi connectivity index (χ1v) is 10.2. The van der Waals surface area contributed by atoms with Gasteiger partial charge in [0.2, 0.25) is 11.9 Å². The van der Waals surface area contributed by atoms with Crippen molar-refractivity contribution in [3.8, 4) is 11.3 Å². The summed E-state index contributed by atoms with van der Waals surface area (Å²) < 4.78 is 43.6. The van der Waals surface area contributed by atoms with Gasteiger partial charge in [0, 0.05) is 37.7 Å². The van der Waals surface area contributed by atoms with Gasteiger partial charge in [0.1, 0.15) is 0 Å². The Morgan fingerprint density at radius 3 is 2.41 bits per heavy atom. The summed E-state index contributed by atoms with van der Waals surface area (Å²) in [6, 6.07) is 4.07. The maximum atomic E-state index is 12.8. The largest absolute Gasteiger partial charge is 0.416 e. The smallest absolute Gasteiger partial charge is 0.390 e. The van der Waals surface area contributed by atoms with Crippen LogP contribution in [-0.2, 0) is 15.7 Å². The van der Waals surface area contributed by atoms with Gasteiger partial charge in [-0.3, -0.25) is 9.69 Å². The molecule has 0 bridgehead atoms. The van der Waals surface area contributed by atoms with Crippen LogP contribution in [0.4, 0.5) is 19.1 Å². The SMILES string of the molecule is NC(=O)C([C@H]1COC[C@H]1O)N1CCN(c2nncc(-c3ccc(C(F)(F)F)cc3)n2)CC1. The Morgan fingerprint density at radius 1 is 1.16 bits per heavy atom. The fourth-order valence-corrected chi connectivity index (χ4v) is 4.12. The molecular formula is C20H23F3N6O3. The van der Waals surface area contributed by atoms with E-state index in [9.17, 15) is 23.1 Å². The lowest BCUT2D eigenvalue weighted by atomic mass is 9.94. The minimum absolute atomic E-state index is 0.185. The minimum Gasteiger partial charge on any atom is -0.390 e. The van der Waals surface area contributed by atoms with Crippen molar-refractivity contribution in [2.45, 2.75) is 18.3 Å². The molecule has 0 saturated carbocycles. The van der Waals surface area contributed by atoms with Crippen LogP contribution in [-0.4, -0.2) is 82.6 Å². The molecule has 3 atom stereocenters. The summed E-state index contributed by atoms with van der Waals surface area (Å²) in [5.74, 6) is -0.530. The lowest BCUT2D eigenvalue weighted by Crippen LogP contribution is -2.58. The highest BCUT2D eigenvalue weighted by molar-refractivity contribution is 5.80. The van der Waals surface area contributed by atoms with Crippen LogP contribution >= 0.6 is 0 Å². The van der Waals surface area contributed by atoms with Gasteiger partial charge in [0.25, 0.3) is 0 Å². The number of aliphatic hydroxyl groups excluding tert-OH is 1. The third-order valence-corrected chi connectivity index (χ3v) is 5.84. The van der Waals surface area contributed by atoms with Gasteiger partial charge in [-0.1, -0.05) is 12.1 Å². The Kier molecular flexibility index (Phi) is 6.26. The number of amides is 1. The molecule has 2 saturated heterocycles. The highest BCUT2D eigenvalue weighted by Gasteiger charge is 2.41. The van der Waals surface area contributed by atoms with Gasteiger partial charge in [-0.2, -0.15) is 18.3 Å². The normalized spacial score (nSPS) is 23.3. The number of hydrogen-bond donors (Lipinski definition) is 2. The third-order valence-electron chi connectivity index (χ3n) is 5.84. The second kappa shape index (κ2) is 8.96. The van der Waals surface area contributed by atoms with Crippen LogP contribution in [0.15, 0.2) is 30.5 Å². The lowest BCUT2D eigenvalue weighted by molar-refractivity contribution is -0.137. The van der Waals surface area contributed by atoms with Crippen LogP contribution in [0, 0.1) is 5.92 Å². The first-order chi connectivity index (χ1) is 15.2. The molecule has 1 unspecified atom stereocenters. The Hall–Kier alpha value is -2.83. The summed E-state index contributed by atoms with van der Waals surface area (Å²) in [7, 11) is 0. The molecule has 0 spiro atoms. The average Bonchev–Trinajstić information content (AvgIpc) is 3.19. The van der Waals surface area contributed by atoms with Crippen LogP contribution in [0.1, 0.15) is 5.56 Å². The molecule has 9 nitrogen and oxygen atoms in total. The standard InChI is InChI=1S/C20H23F3N6O3/c21-20(22,23)13-3-1-12(2-4-13)15-9-25-27-19(26-15)29-7-5-28(6-8-29)17(18(24)31)14-10-32-11-16(14)30/h1-4,9,14,16-17,30H,5-8,10-11H2,(H2,24,31)/t14-,16+,17?/m0/s1. The van der Waals surface area contributed by atoms with Crippen LogP contribution in [0.25, 0.3) is 11.3 Å². The monoisotopic (exact) mass is 452 g/mol. The summed E-state index contributed by atoms with van der Waals surface area (Å²) in [6.07, 6.45) is -3.75. The molecule has 32 heavy (non-hydrogen) atoms. The predicted molar refractivity (Wildman–Crippen MR) is 107 cm³/mol. The van der Waals surface area contributed by atoms with E-state index in [1.54, 1.807) is 0 Å². The number of rotatable bonds is 5. The molecule has 4 rings (SSSR count). The van der Waals surface area contributed by atoms with E-state index in [1.807, 2.05) is 9.80 Å². The predicted octanol–water partition coefficient (Wildman–Crippen LogP) is 0.541. The molecular weight excluding hydrogens is 429 g/mol. The van der Waals surface area contributed by atoms with Gasteiger partial charge >= 0.3 is 6.18 Å². The van der Waals surface area contributed by atoms with Crippen LogP contribution in [0.3, 0.4) is 0 Å². The van der Waals surface area contributed by atoms with Gasteiger partial charge < -0.3 is 20.5 Å². The number of hydrogen-bond acceptors (Lipinski definition) is 8. The molecule has 1 aromatic heterocycles. The maximum absolute atomic E-state index is 12.8. The first kappa shape index (κ1) is 22.4. The van der Waals surface area contributed by atoms with Gasteiger partial charge in [0.15, 0.2) is 0 Å². The van der Waals surface area contributed by atoms with E-state index >= 15 is 0 Å². The van der Waals surface area contributed by atoms with E-state index in [-0.39, 0.29) is 19.1 Å². The fourth-order valence-electron chi connectivity index (χ4n) is 4.12. The summed E-state index contributed by atoms with van der Waals surface area (Å²) in [6.45, 7) is 2.43. The molecule has 172 valence electrons. The van der Waals surface area contributed by atoms with Gasteiger partial charge in [0.05, 0.1) is 42.8 Å². The van der Waals surface area contributed by atoms with E-state index in [1.165, 1.54) is 18.3 Å². The molecule has 2 aliphatic heterocycles. The topological polar surface area (TPSA) is 118 Å². The minimum atomic E-state index is -4.41. The number of nitrogens with two attached hydrogens (primary N) is 1. The summed E-state index contributed by atoms with van der Waals surface area (Å²) in [5.41, 5.74) is 5.78. The van der Waals surface area contributed by atoms with E-state index in [2.05, 4.69) is 15.2 Å². The Morgan fingerprint density at radius 2 is 1.84 bits per heavy atom. The zero-order valence-corrected chi connectivity index (χ0v) is 17.1. The lowest BCUT2D eigenvalue weighted by Gasteiger charge is -2.40. The van der Waals surface area contributed by atoms with Crippen molar-refractivity contribution < 1.29 is 27.8 Å².